The largest absolute Gasteiger partial charge is 0.417 e. The Morgan fingerprint density at radius 2 is 1.90 bits per heavy atom. The lowest BCUT2D eigenvalue weighted by atomic mass is 10.1. The minimum atomic E-state index is -4.50. The molecule has 106 valence electrons. The van der Waals surface area contributed by atoms with E-state index in [1.165, 1.54) is 6.07 Å². The average molecular weight is 303 g/mol. The maximum atomic E-state index is 12.6. The van der Waals surface area contributed by atoms with Gasteiger partial charge in [-0.1, -0.05) is 17.7 Å². The third-order valence-electron chi connectivity index (χ3n) is 2.76. The van der Waals surface area contributed by atoms with Crippen LogP contribution in [0, 0.1) is 0 Å². The maximum Gasteiger partial charge on any atom is 0.417 e. The van der Waals surface area contributed by atoms with Crippen LogP contribution in [-0.4, -0.2) is 4.57 Å². The molecule has 2 rings (SSSR count). The molecule has 0 aliphatic heterocycles. The monoisotopic (exact) mass is 302 g/mol. The van der Waals surface area contributed by atoms with Gasteiger partial charge in [0.1, 0.15) is 0 Å². The lowest BCUT2D eigenvalue weighted by Gasteiger charge is -2.12. The highest BCUT2D eigenvalue weighted by Crippen LogP contribution is 2.28. The maximum absolute atomic E-state index is 12.6. The zero-order chi connectivity index (χ0) is 14.9. The normalized spacial score (nSPS) is 11.6. The minimum Gasteiger partial charge on any atom is -0.398 e. The predicted molar refractivity (Wildman–Crippen MR) is 70.7 cm³/mol. The van der Waals surface area contributed by atoms with E-state index in [-0.39, 0.29) is 6.54 Å². The summed E-state index contributed by atoms with van der Waals surface area (Å²) in [4.78, 5) is 11.6. The molecule has 0 saturated carbocycles. The quantitative estimate of drug-likeness (QED) is 0.866. The van der Waals surface area contributed by atoms with Crippen LogP contribution in [0.1, 0.15) is 11.1 Å². The number of nitrogens with two attached hydrogens (primary N) is 1. The molecule has 0 bridgehead atoms. The Kier molecular flexibility index (Phi) is 3.76. The highest BCUT2D eigenvalue weighted by molar-refractivity contribution is 6.30. The van der Waals surface area contributed by atoms with E-state index in [0.717, 1.165) is 22.9 Å². The number of aromatic nitrogens is 1. The first-order chi connectivity index (χ1) is 9.27. The molecule has 0 aliphatic carbocycles. The fourth-order valence-electron chi connectivity index (χ4n) is 1.72. The van der Waals surface area contributed by atoms with Crippen LogP contribution in [0.15, 0.2) is 41.3 Å². The van der Waals surface area contributed by atoms with E-state index < -0.39 is 17.3 Å². The molecule has 0 amide bonds. The summed E-state index contributed by atoms with van der Waals surface area (Å²) in [5.41, 5.74) is 5.15. The van der Waals surface area contributed by atoms with E-state index in [2.05, 4.69) is 0 Å². The van der Waals surface area contributed by atoms with Crippen molar-refractivity contribution in [2.75, 3.05) is 5.73 Å². The van der Waals surface area contributed by atoms with Crippen LogP contribution in [0.5, 0.6) is 0 Å². The summed E-state index contributed by atoms with van der Waals surface area (Å²) < 4.78 is 38.8. The lowest BCUT2D eigenvalue weighted by molar-refractivity contribution is -0.138. The van der Waals surface area contributed by atoms with Gasteiger partial charge in [0.15, 0.2) is 0 Å². The number of pyridine rings is 1. The second-order valence-corrected chi connectivity index (χ2v) is 4.66. The van der Waals surface area contributed by atoms with Crippen molar-refractivity contribution in [1.29, 1.82) is 0 Å². The van der Waals surface area contributed by atoms with Gasteiger partial charge in [0.25, 0.3) is 5.56 Å². The second kappa shape index (κ2) is 5.20. The standard InChI is InChI=1S/C13H10ClF3N2O/c14-10-3-1-8(11(18)5-10)6-19-7-9(13(15,16)17)2-4-12(19)20/h1-5,7H,6,18H2. The number of nitrogen functional groups attached to an aromatic ring is 1. The summed E-state index contributed by atoms with van der Waals surface area (Å²) >= 11 is 5.74. The summed E-state index contributed by atoms with van der Waals surface area (Å²) in [5.74, 6) is 0. The molecule has 0 spiro atoms. The Hall–Kier alpha value is -1.95. The summed E-state index contributed by atoms with van der Waals surface area (Å²) in [6.45, 7) is -0.0498. The van der Waals surface area contributed by atoms with Crippen LogP contribution in [-0.2, 0) is 12.7 Å². The van der Waals surface area contributed by atoms with Gasteiger partial charge >= 0.3 is 6.18 Å². The third kappa shape index (κ3) is 3.14. The molecule has 7 heteroatoms. The van der Waals surface area contributed by atoms with Gasteiger partial charge in [-0.3, -0.25) is 4.79 Å². The van der Waals surface area contributed by atoms with Crippen molar-refractivity contribution in [2.45, 2.75) is 12.7 Å². The van der Waals surface area contributed by atoms with Crippen LogP contribution in [0.3, 0.4) is 0 Å². The van der Waals surface area contributed by atoms with Crippen molar-refractivity contribution in [3.05, 3.63) is 63.0 Å². The number of anilines is 1. The van der Waals surface area contributed by atoms with Gasteiger partial charge < -0.3 is 10.3 Å². The Morgan fingerprint density at radius 3 is 2.50 bits per heavy atom. The number of nitrogens with zero attached hydrogens (tertiary/aromatic N) is 1. The summed E-state index contributed by atoms with van der Waals surface area (Å²) in [7, 11) is 0. The summed E-state index contributed by atoms with van der Waals surface area (Å²) in [5, 5.41) is 0.419. The molecular weight excluding hydrogens is 293 g/mol. The fourth-order valence-corrected chi connectivity index (χ4v) is 1.90. The molecule has 20 heavy (non-hydrogen) atoms. The highest BCUT2D eigenvalue weighted by Gasteiger charge is 2.31. The first kappa shape index (κ1) is 14.5. The second-order valence-electron chi connectivity index (χ2n) is 4.22. The van der Waals surface area contributed by atoms with Gasteiger partial charge in [0.05, 0.1) is 12.1 Å². The third-order valence-corrected chi connectivity index (χ3v) is 2.99. The van der Waals surface area contributed by atoms with Gasteiger partial charge in [-0.2, -0.15) is 13.2 Å². The first-order valence-corrected chi connectivity index (χ1v) is 5.97. The Labute approximate surface area is 117 Å². The molecule has 0 unspecified atom stereocenters. The molecule has 1 heterocycles. The lowest BCUT2D eigenvalue weighted by Crippen LogP contribution is -2.22. The molecule has 2 N–H and O–H groups in total. The zero-order valence-electron chi connectivity index (χ0n) is 10.1. The molecule has 3 nitrogen and oxygen atoms in total. The first-order valence-electron chi connectivity index (χ1n) is 5.59. The molecule has 1 aromatic heterocycles. The van der Waals surface area contributed by atoms with E-state index in [9.17, 15) is 18.0 Å². The van der Waals surface area contributed by atoms with Crippen LogP contribution in [0.4, 0.5) is 18.9 Å². The van der Waals surface area contributed by atoms with E-state index >= 15 is 0 Å². The highest BCUT2D eigenvalue weighted by atomic mass is 35.5. The van der Waals surface area contributed by atoms with Crippen molar-refractivity contribution in [1.82, 2.24) is 4.57 Å². The van der Waals surface area contributed by atoms with Crippen molar-refractivity contribution in [2.24, 2.45) is 0 Å². The van der Waals surface area contributed by atoms with Gasteiger partial charge in [-0.05, 0) is 23.8 Å². The zero-order valence-corrected chi connectivity index (χ0v) is 10.9. The van der Waals surface area contributed by atoms with Gasteiger partial charge in [0, 0.05) is 23.0 Å². The number of hydrogen-bond acceptors (Lipinski definition) is 2. The molecule has 0 fully saturated rings. The van der Waals surface area contributed by atoms with Gasteiger partial charge in [-0.15, -0.1) is 0 Å². The molecule has 2 aromatic rings. The number of halogens is 4. The van der Waals surface area contributed by atoms with E-state index in [1.54, 1.807) is 12.1 Å². The van der Waals surface area contributed by atoms with Crippen LogP contribution < -0.4 is 11.3 Å². The molecule has 0 radical (unpaired) electrons. The molecule has 1 aromatic carbocycles. The molecular formula is C13H10ClF3N2O. The Morgan fingerprint density at radius 1 is 1.20 bits per heavy atom. The minimum absolute atomic E-state index is 0.0498. The Balaban J connectivity index is 2.40. The number of rotatable bonds is 2. The van der Waals surface area contributed by atoms with Crippen LogP contribution in [0.25, 0.3) is 0 Å². The van der Waals surface area contributed by atoms with Crippen LogP contribution >= 0.6 is 11.6 Å². The number of benzene rings is 1. The Bertz CT molecular complexity index is 695. The van der Waals surface area contributed by atoms with Crippen molar-refractivity contribution < 1.29 is 13.2 Å². The summed E-state index contributed by atoms with van der Waals surface area (Å²) in [6.07, 6.45) is -3.72. The van der Waals surface area contributed by atoms with E-state index in [1.807, 2.05) is 0 Å². The van der Waals surface area contributed by atoms with E-state index in [4.69, 9.17) is 17.3 Å². The number of hydrogen-bond donors (Lipinski definition) is 1. The summed E-state index contributed by atoms with van der Waals surface area (Å²) in [6, 6.07) is 6.25. The van der Waals surface area contributed by atoms with E-state index in [0.29, 0.717) is 16.3 Å². The molecule has 0 atom stereocenters. The van der Waals surface area contributed by atoms with Crippen molar-refractivity contribution in [3.8, 4) is 0 Å². The molecule has 0 aliphatic rings. The average Bonchev–Trinajstić information content (AvgIpc) is 2.33. The van der Waals surface area contributed by atoms with Crippen LogP contribution in [0.2, 0.25) is 5.02 Å². The smallest absolute Gasteiger partial charge is 0.398 e. The fraction of sp³-hybridized carbons (Fsp3) is 0.154. The van der Waals surface area contributed by atoms with Crippen molar-refractivity contribution >= 4 is 17.3 Å². The topological polar surface area (TPSA) is 48.0 Å². The predicted octanol–water partition coefficient (Wildman–Crippen LogP) is 3.15. The van der Waals surface area contributed by atoms with Crippen molar-refractivity contribution in [3.63, 3.8) is 0 Å². The number of alkyl halides is 3. The van der Waals surface area contributed by atoms with Gasteiger partial charge in [0.2, 0.25) is 0 Å². The molecule has 0 saturated heterocycles. The van der Waals surface area contributed by atoms with Gasteiger partial charge in [-0.25, -0.2) is 0 Å². The SMILES string of the molecule is Nc1cc(Cl)ccc1Cn1cc(C(F)(F)F)ccc1=O.